The van der Waals surface area contributed by atoms with Crippen LogP contribution in [-0.2, 0) is 12.0 Å². The molecule has 1 aliphatic carbocycles. The van der Waals surface area contributed by atoms with Crippen molar-refractivity contribution in [2.24, 2.45) is 5.92 Å². The molecule has 25 heavy (non-hydrogen) atoms. The van der Waals surface area contributed by atoms with Gasteiger partial charge in [0, 0.05) is 47.7 Å². The van der Waals surface area contributed by atoms with Gasteiger partial charge in [-0.1, -0.05) is 33.6 Å². The molecule has 1 aliphatic heterocycles. The van der Waals surface area contributed by atoms with Crippen molar-refractivity contribution >= 4 is 11.0 Å². The van der Waals surface area contributed by atoms with E-state index in [4.69, 9.17) is 0 Å². The van der Waals surface area contributed by atoms with Crippen LogP contribution in [0.2, 0.25) is 0 Å². The van der Waals surface area contributed by atoms with Crippen molar-refractivity contribution < 1.29 is 5.11 Å². The van der Waals surface area contributed by atoms with Crippen LogP contribution in [-0.4, -0.2) is 38.7 Å². The molecule has 3 atom stereocenters. The molecule has 2 aliphatic rings. The number of fused-ring (bicyclic) bond motifs is 2. The number of pyridine rings is 1. The summed E-state index contributed by atoms with van der Waals surface area (Å²) >= 11 is 0. The number of aliphatic hydroxyl groups is 1. The minimum atomic E-state index is -0.103. The van der Waals surface area contributed by atoms with Crippen molar-refractivity contribution in [2.75, 3.05) is 6.54 Å². The number of hydrogen-bond acceptors (Lipinski definition) is 3. The van der Waals surface area contributed by atoms with Gasteiger partial charge in [0.25, 0.3) is 0 Å². The lowest BCUT2D eigenvalue weighted by Gasteiger charge is -2.46. The summed E-state index contributed by atoms with van der Waals surface area (Å²) in [6.07, 6.45) is 7.66. The van der Waals surface area contributed by atoms with Crippen LogP contribution in [0.15, 0.2) is 18.3 Å². The Morgan fingerprint density at radius 2 is 2.04 bits per heavy atom. The number of piperidine rings is 1. The van der Waals surface area contributed by atoms with E-state index in [0.717, 1.165) is 25.2 Å². The fraction of sp³-hybridized carbons (Fsp3) is 0.667. The molecular formula is C21H31N3O. The Morgan fingerprint density at radius 1 is 1.24 bits per heavy atom. The van der Waals surface area contributed by atoms with Gasteiger partial charge < -0.3 is 10.1 Å². The normalized spacial score (nSPS) is 28.2. The number of hydrogen-bond donors (Lipinski definition) is 2. The summed E-state index contributed by atoms with van der Waals surface area (Å²) in [6, 6.07) is 4.77. The number of rotatable bonds is 2. The first-order chi connectivity index (χ1) is 11.9. The van der Waals surface area contributed by atoms with Gasteiger partial charge in [-0.05, 0) is 37.0 Å². The molecule has 3 heterocycles. The lowest BCUT2D eigenvalue weighted by atomic mass is 9.76. The van der Waals surface area contributed by atoms with E-state index in [1.807, 2.05) is 12.3 Å². The van der Waals surface area contributed by atoms with Crippen LogP contribution >= 0.6 is 0 Å². The molecule has 136 valence electrons. The van der Waals surface area contributed by atoms with Gasteiger partial charge in [0.2, 0.25) is 0 Å². The van der Waals surface area contributed by atoms with Crippen molar-refractivity contribution in [1.29, 1.82) is 0 Å². The second-order valence-corrected chi connectivity index (χ2v) is 8.97. The fourth-order valence-corrected chi connectivity index (χ4v) is 5.00. The third-order valence-electron chi connectivity index (χ3n) is 6.25. The summed E-state index contributed by atoms with van der Waals surface area (Å²) in [5, 5.41) is 11.7. The molecule has 0 unspecified atom stereocenters. The van der Waals surface area contributed by atoms with Crippen molar-refractivity contribution in [3.63, 3.8) is 0 Å². The average molecular weight is 341 g/mol. The van der Waals surface area contributed by atoms with E-state index in [2.05, 4.69) is 41.7 Å². The second kappa shape index (κ2) is 6.40. The van der Waals surface area contributed by atoms with E-state index >= 15 is 0 Å². The third kappa shape index (κ3) is 3.11. The Labute approximate surface area is 150 Å². The van der Waals surface area contributed by atoms with Crippen LogP contribution in [0.5, 0.6) is 0 Å². The number of aliphatic hydroxyl groups excluding tert-OH is 1. The Kier molecular flexibility index (Phi) is 4.37. The van der Waals surface area contributed by atoms with Gasteiger partial charge in [0.15, 0.2) is 0 Å². The summed E-state index contributed by atoms with van der Waals surface area (Å²) in [7, 11) is 0. The molecule has 4 nitrogen and oxygen atoms in total. The molecule has 0 spiro atoms. The molecule has 0 radical (unpaired) electrons. The van der Waals surface area contributed by atoms with Gasteiger partial charge in [-0.2, -0.15) is 0 Å². The van der Waals surface area contributed by atoms with E-state index in [9.17, 15) is 5.11 Å². The van der Waals surface area contributed by atoms with E-state index in [-0.39, 0.29) is 11.5 Å². The second-order valence-electron chi connectivity index (χ2n) is 8.97. The highest BCUT2D eigenvalue weighted by molar-refractivity contribution is 5.81. The molecule has 1 saturated carbocycles. The minimum Gasteiger partial charge on any atom is -0.393 e. The number of nitrogens with one attached hydrogen (secondary N) is 1. The van der Waals surface area contributed by atoms with E-state index in [1.165, 1.54) is 42.3 Å². The van der Waals surface area contributed by atoms with Crippen molar-refractivity contribution in [3.05, 3.63) is 29.6 Å². The zero-order valence-corrected chi connectivity index (χ0v) is 15.8. The minimum absolute atomic E-state index is 0.0668. The van der Waals surface area contributed by atoms with Crippen LogP contribution in [0.1, 0.15) is 64.1 Å². The summed E-state index contributed by atoms with van der Waals surface area (Å²) in [4.78, 5) is 10.8. The third-order valence-corrected chi connectivity index (χ3v) is 6.25. The molecule has 2 aromatic rings. The van der Waals surface area contributed by atoms with Crippen LogP contribution in [0, 0.1) is 5.92 Å². The average Bonchev–Trinajstić information content (AvgIpc) is 2.97. The molecule has 2 aromatic heterocycles. The molecule has 2 N–H and O–H groups in total. The smallest absolute Gasteiger partial charge is 0.137 e. The first-order valence-corrected chi connectivity index (χ1v) is 9.83. The lowest BCUT2D eigenvalue weighted by Crippen LogP contribution is -2.52. The van der Waals surface area contributed by atoms with Crippen molar-refractivity contribution in [1.82, 2.24) is 14.9 Å². The van der Waals surface area contributed by atoms with Crippen molar-refractivity contribution in [2.45, 2.75) is 77.0 Å². The molecule has 1 saturated heterocycles. The van der Waals surface area contributed by atoms with Crippen molar-refractivity contribution in [3.8, 4) is 0 Å². The Hall–Kier alpha value is -1.39. The van der Waals surface area contributed by atoms with E-state index in [0.29, 0.717) is 12.0 Å². The van der Waals surface area contributed by atoms with Gasteiger partial charge in [-0.25, -0.2) is 4.98 Å². The summed E-state index contributed by atoms with van der Waals surface area (Å²) in [6.45, 7) is 8.77. The Morgan fingerprint density at radius 3 is 2.84 bits per heavy atom. The topological polar surface area (TPSA) is 52.2 Å². The van der Waals surface area contributed by atoms with Crippen LogP contribution < -0.4 is 0 Å². The van der Waals surface area contributed by atoms with Gasteiger partial charge >= 0.3 is 0 Å². The maximum absolute atomic E-state index is 10.5. The zero-order chi connectivity index (χ0) is 17.6. The highest BCUT2D eigenvalue weighted by Gasteiger charge is 2.39. The maximum Gasteiger partial charge on any atom is 0.137 e. The van der Waals surface area contributed by atoms with Gasteiger partial charge in [0.05, 0.1) is 6.10 Å². The molecule has 0 amide bonds. The predicted molar refractivity (Wildman–Crippen MR) is 102 cm³/mol. The zero-order valence-electron chi connectivity index (χ0n) is 15.8. The number of likely N-dealkylation sites (tertiary alicyclic amines) is 1. The molecule has 4 rings (SSSR count). The predicted octanol–water partition coefficient (Wildman–Crippen LogP) is 3.99. The standard InChI is InChI=1S/C21H31N3O/c1-21(2,3)19-16(14-8-6-11-22-20(14)23-19)13-24-12-10-18(25)15-7-4-5-9-17(15)24/h6,8,11,15,17-18,25H,4-5,7,9-10,12-13H2,1-3H3,(H,22,23)/t15-,17-,18+/m1/s1. The molecule has 0 bridgehead atoms. The molecule has 0 aromatic carbocycles. The van der Waals surface area contributed by atoms with Gasteiger partial charge in [0.1, 0.15) is 5.65 Å². The number of nitrogens with zero attached hydrogens (tertiary/aromatic N) is 2. The van der Waals surface area contributed by atoms with Crippen LogP contribution in [0.25, 0.3) is 11.0 Å². The summed E-state index contributed by atoms with van der Waals surface area (Å²) in [5.74, 6) is 0.462. The van der Waals surface area contributed by atoms with Gasteiger partial charge in [-0.15, -0.1) is 0 Å². The molecule has 4 heteroatoms. The summed E-state index contributed by atoms with van der Waals surface area (Å²) < 4.78 is 0. The SMILES string of the molecule is CC(C)(C)c1[nH]c2ncccc2c1CN1CC[C@H](O)[C@@H]2CCCC[C@H]21. The van der Waals surface area contributed by atoms with E-state index < -0.39 is 0 Å². The number of aromatic amines is 1. The van der Waals surface area contributed by atoms with Gasteiger partial charge in [-0.3, -0.25) is 4.90 Å². The maximum atomic E-state index is 10.5. The van der Waals surface area contributed by atoms with E-state index in [1.54, 1.807) is 0 Å². The molecular weight excluding hydrogens is 310 g/mol. The molecule has 2 fully saturated rings. The number of aromatic nitrogens is 2. The lowest BCUT2D eigenvalue weighted by molar-refractivity contribution is -0.0393. The Bertz CT molecular complexity index is 745. The quantitative estimate of drug-likeness (QED) is 0.868. The van der Waals surface area contributed by atoms with Crippen LogP contribution in [0.3, 0.4) is 0 Å². The first-order valence-electron chi connectivity index (χ1n) is 9.83. The largest absolute Gasteiger partial charge is 0.393 e. The number of H-pyrrole nitrogens is 1. The monoisotopic (exact) mass is 341 g/mol. The highest BCUT2D eigenvalue weighted by Crippen LogP contribution is 2.38. The van der Waals surface area contributed by atoms with Crippen LogP contribution in [0.4, 0.5) is 0 Å². The fourth-order valence-electron chi connectivity index (χ4n) is 5.00. The summed E-state index contributed by atoms with van der Waals surface area (Å²) in [5.41, 5.74) is 3.77. The Balaban J connectivity index is 1.70. The first kappa shape index (κ1) is 17.0. The highest BCUT2D eigenvalue weighted by atomic mass is 16.3.